The summed E-state index contributed by atoms with van der Waals surface area (Å²) >= 11 is 3.49. The number of benzene rings is 1. The summed E-state index contributed by atoms with van der Waals surface area (Å²) in [7, 11) is 0. The SMILES string of the molecule is CCCNCc1cccc(F)c1-n1nc(C)c(Br)c1C. The van der Waals surface area contributed by atoms with Crippen molar-refractivity contribution in [2.75, 3.05) is 6.54 Å². The van der Waals surface area contributed by atoms with Crippen LogP contribution in [0.5, 0.6) is 0 Å². The summed E-state index contributed by atoms with van der Waals surface area (Å²) in [6, 6.07) is 5.15. The van der Waals surface area contributed by atoms with E-state index in [1.807, 2.05) is 19.9 Å². The molecule has 3 nitrogen and oxygen atoms in total. The number of aromatic nitrogens is 2. The maximum absolute atomic E-state index is 14.3. The minimum atomic E-state index is -0.251. The Bertz CT molecular complexity index is 607. The molecule has 0 atom stereocenters. The van der Waals surface area contributed by atoms with E-state index in [0.717, 1.165) is 34.4 Å². The lowest BCUT2D eigenvalue weighted by atomic mass is 10.1. The zero-order valence-electron chi connectivity index (χ0n) is 12.0. The largest absolute Gasteiger partial charge is 0.313 e. The van der Waals surface area contributed by atoms with Crippen LogP contribution in [0.1, 0.15) is 30.3 Å². The van der Waals surface area contributed by atoms with Gasteiger partial charge in [-0.15, -0.1) is 0 Å². The Morgan fingerprint density at radius 2 is 2.10 bits per heavy atom. The molecule has 0 radical (unpaired) electrons. The van der Waals surface area contributed by atoms with Crippen LogP contribution >= 0.6 is 15.9 Å². The molecule has 0 aliphatic carbocycles. The van der Waals surface area contributed by atoms with Crippen LogP contribution in [0.25, 0.3) is 5.69 Å². The fraction of sp³-hybridized carbons (Fsp3) is 0.400. The highest BCUT2D eigenvalue weighted by Crippen LogP contribution is 2.26. The van der Waals surface area contributed by atoms with E-state index in [1.165, 1.54) is 6.07 Å². The number of nitrogens with zero attached hydrogens (tertiary/aromatic N) is 2. The Labute approximate surface area is 127 Å². The first-order valence-electron chi connectivity index (χ1n) is 6.76. The highest BCUT2D eigenvalue weighted by molar-refractivity contribution is 9.10. The minimum Gasteiger partial charge on any atom is -0.313 e. The van der Waals surface area contributed by atoms with Crippen molar-refractivity contribution >= 4 is 15.9 Å². The summed E-state index contributed by atoms with van der Waals surface area (Å²) in [5, 5.41) is 7.74. The smallest absolute Gasteiger partial charge is 0.149 e. The van der Waals surface area contributed by atoms with Gasteiger partial charge in [0.25, 0.3) is 0 Å². The van der Waals surface area contributed by atoms with Crippen molar-refractivity contribution in [2.24, 2.45) is 0 Å². The molecule has 0 fully saturated rings. The lowest BCUT2D eigenvalue weighted by molar-refractivity contribution is 0.597. The Balaban J connectivity index is 2.46. The van der Waals surface area contributed by atoms with E-state index in [0.29, 0.717) is 12.2 Å². The van der Waals surface area contributed by atoms with E-state index < -0.39 is 0 Å². The van der Waals surface area contributed by atoms with E-state index in [4.69, 9.17) is 0 Å². The van der Waals surface area contributed by atoms with Gasteiger partial charge in [0, 0.05) is 6.54 Å². The van der Waals surface area contributed by atoms with E-state index in [9.17, 15) is 4.39 Å². The summed E-state index contributed by atoms with van der Waals surface area (Å²) in [6.45, 7) is 7.49. The highest BCUT2D eigenvalue weighted by Gasteiger charge is 2.16. The average Bonchev–Trinajstić information content (AvgIpc) is 2.67. The van der Waals surface area contributed by atoms with Gasteiger partial charge in [0.15, 0.2) is 0 Å². The van der Waals surface area contributed by atoms with E-state index >= 15 is 0 Å². The van der Waals surface area contributed by atoms with Crippen molar-refractivity contribution in [1.82, 2.24) is 15.1 Å². The van der Waals surface area contributed by atoms with Crippen molar-refractivity contribution in [1.29, 1.82) is 0 Å². The third-order valence-corrected chi connectivity index (χ3v) is 4.38. The zero-order chi connectivity index (χ0) is 14.7. The maximum Gasteiger partial charge on any atom is 0.149 e. The molecule has 20 heavy (non-hydrogen) atoms. The molecular formula is C15H19BrFN3. The number of rotatable bonds is 5. The van der Waals surface area contributed by atoms with Crippen molar-refractivity contribution in [2.45, 2.75) is 33.7 Å². The molecule has 0 saturated heterocycles. The van der Waals surface area contributed by atoms with Gasteiger partial charge in [-0.1, -0.05) is 19.1 Å². The second-order valence-electron chi connectivity index (χ2n) is 4.82. The van der Waals surface area contributed by atoms with Gasteiger partial charge < -0.3 is 5.32 Å². The molecule has 2 rings (SSSR count). The van der Waals surface area contributed by atoms with Crippen LogP contribution < -0.4 is 5.32 Å². The summed E-state index contributed by atoms with van der Waals surface area (Å²) in [6.07, 6.45) is 1.05. The van der Waals surface area contributed by atoms with E-state index in [-0.39, 0.29) is 5.82 Å². The molecule has 1 aromatic carbocycles. The molecule has 0 unspecified atom stereocenters. The Hall–Kier alpha value is -1.20. The average molecular weight is 340 g/mol. The Kier molecular flexibility index (Phi) is 4.94. The maximum atomic E-state index is 14.3. The quantitative estimate of drug-likeness (QED) is 0.837. The van der Waals surface area contributed by atoms with Crippen LogP contribution in [0, 0.1) is 19.7 Å². The lowest BCUT2D eigenvalue weighted by Crippen LogP contribution is -2.17. The lowest BCUT2D eigenvalue weighted by Gasteiger charge is -2.13. The van der Waals surface area contributed by atoms with Crippen molar-refractivity contribution in [3.05, 3.63) is 45.4 Å². The molecule has 0 saturated carbocycles. The van der Waals surface area contributed by atoms with Gasteiger partial charge in [-0.05, 0) is 54.4 Å². The Morgan fingerprint density at radius 1 is 1.35 bits per heavy atom. The number of para-hydroxylation sites is 1. The fourth-order valence-corrected chi connectivity index (χ4v) is 2.43. The summed E-state index contributed by atoms with van der Waals surface area (Å²) in [4.78, 5) is 0. The third-order valence-electron chi connectivity index (χ3n) is 3.23. The molecule has 108 valence electrons. The van der Waals surface area contributed by atoms with Crippen LogP contribution in [0.15, 0.2) is 22.7 Å². The van der Waals surface area contributed by atoms with Crippen molar-refractivity contribution < 1.29 is 4.39 Å². The summed E-state index contributed by atoms with van der Waals surface area (Å²) in [5.41, 5.74) is 3.21. The van der Waals surface area contributed by atoms with Gasteiger partial charge in [-0.2, -0.15) is 5.10 Å². The number of hydrogen-bond donors (Lipinski definition) is 1. The topological polar surface area (TPSA) is 29.9 Å². The molecule has 2 aromatic rings. The standard InChI is InChI=1S/C15H19BrFN3/c1-4-8-18-9-12-6-5-7-13(17)15(12)20-11(3)14(16)10(2)19-20/h5-7,18H,4,8-9H2,1-3H3. The number of halogens is 2. The summed E-state index contributed by atoms with van der Waals surface area (Å²) in [5.74, 6) is -0.251. The van der Waals surface area contributed by atoms with Crippen molar-refractivity contribution in [3.8, 4) is 5.69 Å². The molecule has 1 N–H and O–H groups in total. The Morgan fingerprint density at radius 3 is 2.70 bits per heavy atom. The molecule has 0 amide bonds. The molecule has 0 aliphatic rings. The second-order valence-corrected chi connectivity index (χ2v) is 5.61. The van der Waals surface area contributed by atoms with E-state index in [1.54, 1.807) is 10.7 Å². The number of nitrogens with one attached hydrogen (secondary N) is 1. The molecule has 0 bridgehead atoms. The van der Waals surface area contributed by atoms with Gasteiger partial charge in [0.2, 0.25) is 0 Å². The first-order valence-corrected chi connectivity index (χ1v) is 7.55. The van der Waals surface area contributed by atoms with Crippen molar-refractivity contribution in [3.63, 3.8) is 0 Å². The monoisotopic (exact) mass is 339 g/mol. The molecule has 0 aliphatic heterocycles. The first-order chi connectivity index (χ1) is 9.56. The van der Waals surface area contributed by atoms with Crippen LogP contribution in [0.3, 0.4) is 0 Å². The van der Waals surface area contributed by atoms with Gasteiger partial charge in [0.05, 0.1) is 15.9 Å². The first kappa shape index (κ1) is 15.2. The molecule has 1 aromatic heterocycles. The number of aryl methyl sites for hydroxylation is 1. The molecular weight excluding hydrogens is 321 g/mol. The highest BCUT2D eigenvalue weighted by atomic mass is 79.9. The van der Waals surface area contributed by atoms with Gasteiger partial charge >= 0.3 is 0 Å². The molecule has 0 spiro atoms. The van der Waals surface area contributed by atoms with E-state index in [2.05, 4.69) is 33.3 Å². The predicted octanol–water partition coefficient (Wildman–Crippen LogP) is 3.89. The normalized spacial score (nSPS) is 11.1. The minimum absolute atomic E-state index is 0.251. The third kappa shape index (κ3) is 2.94. The summed E-state index contributed by atoms with van der Waals surface area (Å²) < 4.78 is 16.9. The van der Waals surface area contributed by atoms with Crippen LogP contribution in [-0.4, -0.2) is 16.3 Å². The van der Waals surface area contributed by atoms with Gasteiger partial charge in [-0.3, -0.25) is 0 Å². The van der Waals surface area contributed by atoms with Crippen LogP contribution in [0.2, 0.25) is 0 Å². The molecule has 1 heterocycles. The van der Waals surface area contributed by atoms with Gasteiger partial charge in [-0.25, -0.2) is 9.07 Å². The predicted molar refractivity (Wildman–Crippen MR) is 82.7 cm³/mol. The van der Waals surface area contributed by atoms with Crippen LogP contribution in [-0.2, 0) is 6.54 Å². The van der Waals surface area contributed by atoms with Gasteiger partial charge in [0.1, 0.15) is 11.5 Å². The van der Waals surface area contributed by atoms with Crippen LogP contribution in [0.4, 0.5) is 4.39 Å². The molecule has 5 heteroatoms. The number of hydrogen-bond acceptors (Lipinski definition) is 2. The fourth-order valence-electron chi connectivity index (χ4n) is 2.18. The second kappa shape index (κ2) is 6.50. The zero-order valence-corrected chi connectivity index (χ0v) is 13.6.